The Bertz CT molecular complexity index is 1580. The van der Waals surface area contributed by atoms with Gasteiger partial charge < -0.3 is 29.7 Å². The van der Waals surface area contributed by atoms with Gasteiger partial charge in [0.15, 0.2) is 10.8 Å². The fourth-order valence-corrected chi connectivity index (χ4v) is 19.1. The normalized spacial score (nSPS) is 20.9. The van der Waals surface area contributed by atoms with E-state index in [0.717, 1.165) is 18.0 Å². The maximum atomic E-state index is 13.2. The topological polar surface area (TPSA) is 17.1 Å². The second kappa shape index (κ2) is 34.6. The molecule has 4 saturated carbocycles. The van der Waals surface area contributed by atoms with Crippen molar-refractivity contribution in [3.05, 3.63) is 151 Å². The number of alkyl halides is 1. The molecule has 0 spiro atoms. The summed E-state index contributed by atoms with van der Waals surface area (Å²) in [5.74, 6) is 1.36. The molecule has 4 aromatic carbocycles. The first-order valence-electron chi connectivity index (χ1n) is 22.6. The van der Waals surface area contributed by atoms with Gasteiger partial charge in [0.05, 0.1) is 0 Å². The molecule has 0 amide bonds. The molecule has 0 aliphatic heterocycles. The van der Waals surface area contributed by atoms with Crippen molar-refractivity contribution < 1.29 is 38.7 Å². The summed E-state index contributed by atoms with van der Waals surface area (Å²) in [7, 11) is -1.92. The van der Waals surface area contributed by atoms with Crippen LogP contribution in [-0.2, 0) is 38.7 Å². The van der Waals surface area contributed by atoms with E-state index >= 15 is 0 Å². The van der Waals surface area contributed by atoms with Gasteiger partial charge in [0.25, 0.3) is 0 Å². The third kappa shape index (κ3) is 20.2. The van der Waals surface area contributed by atoms with Gasteiger partial charge in [-0.2, -0.15) is 0 Å². The molecule has 0 aromatic heterocycles. The van der Waals surface area contributed by atoms with Gasteiger partial charge in [-0.1, -0.05) is 226 Å². The third-order valence-corrected chi connectivity index (χ3v) is 22.2. The van der Waals surface area contributed by atoms with Crippen LogP contribution < -0.4 is 21.2 Å². The zero-order valence-electron chi connectivity index (χ0n) is 40.7. The fraction of sp³-hybridized carbons (Fsp3) is 0.500. The van der Waals surface area contributed by atoms with Gasteiger partial charge in [0, 0.05) is 10.7 Å². The van der Waals surface area contributed by atoms with Crippen LogP contribution in [0.15, 0.2) is 121 Å². The van der Waals surface area contributed by atoms with Crippen molar-refractivity contribution in [1.29, 1.82) is 0 Å². The molecule has 0 bridgehead atoms. The Balaban J connectivity index is 0. The van der Waals surface area contributed by atoms with E-state index in [4.69, 9.17) is 0 Å². The summed E-state index contributed by atoms with van der Waals surface area (Å²) in [5.41, 5.74) is 1.64. The smallest absolute Gasteiger partial charge is 0.358 e. The van der Waals surface area contributed by atoms with Crippen molar-refractivity contribution in [3.8, 4) is 0 Å². The van der Waals surface area contributed by atoms with Crippen molar-refractivity contribution in [3.63, 3.8) is 0 Å². The number of hydrogen-bond donors (Lipinski definition) is 0. The van der Waals surface area contributed by atoms with Crippen molar-refractivity contribution >= 4 is 60.8 Å². The Morgan fingerprint density at radius 2 is 0.730 bits per heavy atom. The Kier molecular flexibility index (Phi) is 35.4. The molecule has 7 heteroatoms. The van der Waals surface area contributed by atoms with E-state index in [1.54, 1.807) is 0 Å². The standard InChI is InChI=1S/C23H31OP2.C19H22BrP.2C5H10.4CH3.2Fe/c1-18(21-16-11-17-22(21)26(24)23(2,3)4)25(19-12-7-5-8-13-19)20-14-9-6-10-15-20;1-15(18-13-8-14-19(18)20)21(16-9-4-2-5-10-16)17-11-6-3-7-12-17;2*1-2-4-5-3-1;;;;;;/h5-10,12-15,18,21-22H,11,16-17H2,1-4H3;2-7,9-12,15,18-19H,8,13-14H2,1H3;2*1-5H2;4*1H3;;/q+1;;;;4*-1;2*+2/t18-,21?,22?;15-,18?,19?;;;;;;;;/m00......../s1. The molecule has 8 rings (SSSR count). The molecule has 0 saturated heterocycles. The summed E-state index contributed by atoms with van der Waals surface area (Å²) in [6.07, 6.45) is 22.7. The summed E-state index contributed by atoms with van der Waals surface area (Å²) < 4.78 is 13.2. The van der Waals surface area contributed by atoms with Crippen LogP contribution in [0.1, 0.15) is 137 Å². The molecular formula is C56H85BrFe2OP3+. The predicted octanol–water partition coefficient (Wildman–Crippen LogP) is 17.1. The summed E-state index contributed by atoms with van der Waals surface area (Å²) in [5, 5.41) is 5.82. The average molecular weight is 1060 g/mol. The largest absolute Gasteiger partial charge is 2.00 e. The number of hydrogen-bond acceptors (Lipinski definition) is 1. The first-order valence-corrected chi connectivity index (χ1v) is 27.6. The van der Waals surface area contributed by atoms with Crippen LogP contribution >= 0.6 is 39.6 Å². The molecule has 0 heterocycles. The summed E-state index contributed by atoms with van der Waals surface area (Å²) in [6, 6.07) is 44.2. The van der Waals surface area contributed by atoms with Crippen LogP contribution in [0, 0.1) is 41.5 Å². The van der Waals surface area contributed by atoms with E-state index in [0.29, 0.717) is 22.1 Å². The molecule has 5 unspecified atom stereocenters. The van der Waals surface area contributed by atoms with Crippen LogP contribution in [0.5, 0.6) is 0 Å². The van der Waals surface area contributed by atoms with Gasteiger partial charge in [-0.15, -0.1) is 0 Å². The van der Waals surface area contributed by atoms with Gasteiger partial charge in [-0.3, -0.25) is 0 Å². The first kappa shape index (κ1) is 64.4. The molecule has 4 aliphatic rings. The Hall–Kier alpha value is -0.641. The van der Waals surface area contributed by atoms with Crippen LogP contribution in [0.25, 0.3) is 0 Å². The molecule has 4 aliphatic carbocycles. The van der Waals surface area contributed by atoms with E-state index in [1.807, 2.05) is 0 Å². The quantitative estimate of drug-likeness (QED) is 0.0707. The number of rotatable bonds is 9. The van der Waals surface area contributed by atoms with Gasteiger partial charge in [-0.05, 0) is 107 Å². The van der Waals surface area contributed by atoms with Gasteiger partial charge in [0.1, 0.15) is 0 Å². The average Bonchev–Trinajstić information content (AvgIpc) is 4.10. The SMILES string of the molecule is C1CCCC1.C1CCCC1.C[C@@H](C1CCCC1Br)P(c1ccccc1)c1ccccc1.C[C@@H](C1CCCC1[P+](=O)C(C)(C)C)P(c1ccccc1)c1ccccc1.[CH3-].[CH3-].[CH3-].[CH3-].[Fe+2].[Fe+2]. The molecule has 4 aromatic rings. The van der Waals surface area contributed by atoms with E-state index in [9.17, 15) is 4.57 Å². The van der Waals surface area contributed by atoms with Gasteiger partial charge in [-0.25, -0.2) is 0 Å². The minimum Gasteiger partial charge on any atom is -0.358 e. The van der Waals surface area contributed by atoms with Crippen LogP contribution in [0.3, 0.4) is 0 Å². The van der Waals surface area contributed by atoms with Crippen molar-refractivity contribution in [2.45, 2.75) is 164 Å². The fourth-order valence-electron chi connectivity index (χ4n) is 9.55. The first-order chi connectivity index (χ1) is 27.7. The van der Waals surface area contributed by atoms with E-state index in [2.05, 4.69) is 172 Å². The number of halogens is 1. The Morgan fingerprint density at radius 1 is 0.460 bits per heavy atom. The monoisotopic (exact) mass is 1060 g/mol. The summed E-state index contributed by atoms with van der Waals surface area (Å²) in [6.45, 7) is 11.3. The van der Waals surface area contributed by atoms with Crippen molar-refractivity contribution in [2.24, 2.45) is 11.8 Å². The maximum Gasteiger partial charge on any atom is 2.00 e. The molecule has 63 heavy (non-hydrogen) atoms. The summed E-state index contributed by atoms with van der Waals surface area (Å²) in [4.78, 5) is 0.699. The second-order valence-electron chi connectivity index (χ2n) is 17.9. The van der Waals surface area contributed by atoms with Crippen LogP contribution in [-0.4, -0.2) is 27.0 Å². The minimum atomic E-state index is -1.20. The van der Waals surface area contributed by atoms with E-state index in [-0.39, 0.29) is 76.9 Å². The molecule has 1 nitrogen and oxygen atoms in total. The van der Waals surface area contributed by atoms with Crippen molar-refractivity contribution in [1.82, 2.24) is 0 Å². The second-order valence-corrected chi connectivity index (χ2v) is 26.9. The van der Waals surface area contributed by atoms with Gasteiger partial charge >= 0.3 is 41.9 Å². The predicted molar refractivity (Wildman–Crippen MR) is 287 cm³/mol. The minimum absolute atomic E-state index is 0. The molecule has 0 radical (unpaired) electrons. The molecular weight excluding hydrogens is 973 g/mol. The maximum absolute atomic E-state index is 13.2. The Labute approximate surface area is 423 Å². The zero-order valence-corrected chi connectivity index (χ0v) is 47.1. The van der Waals surface area contributed by atoms with Crippen LogP contribution in [0.4, 0.5) is 0 Å². The summed E-state index contributed by atoms with van der Waals surface area (Å²) >= 11 is 3.93. The van der Waals surface area contributed by atoms with Crippen molar-refractivity contribution in [2.75, 3.05) is 0 Å². The molecule has 4 fully saturated rings. The van der Waals surface area contributed by atoms with Crippen LogP contribution in [0.2, 0.25) is 0 Å². The van der Waals surface area contributed by atoms with Gasteiger partial charge in [0.2, 0.25) is 0 Å². The Morgan fingerprint density at radius 3 is 1.00 bits per heavy atom. The molecule has 352 valence electrons. The number of benzene rings is 4. The van der Waals surface area contributed by atoms with E-state index < -0.39 is 15.7 Å². The van der Waals surface area contributed by atoms with E-state index in [1.165, 1.54) is 118 Å². The third-order valence-electron chi connectivity index (χ3n) is 12.7. The molecule has 0 N–H and O–H groups in total. The zero-order chi connectivity index (χ0) is 40.5. The molecule has 7 atom stereocenters.